The SMILES string of the molecule is NC(=O)c1c(F)cc(Br)cc1NCC1CCCO1. The Morgan fingerprint density at radius 3 is 3.00 bits per heavy atom. The number of nitrogens with one attached hydrogen (secondary N) is 1. The van der Waals surface area contributed by atoms with Crippen LogP contribution in [0.15, 0.2) is 16.6 Å². The summed E-state index contributed by atoms with van der Waals surface area (Å²) in [6.45, 7) is 1.29. The van der Waals surface area contributed by atoms with Crippen LogP contribution >= 0.6 is 15.9 Å². The third-order valence-electron chi connectivity index (χ3n) is 2.85. The Kier molecular flexibility index (Phi) is 4.19. The third-order valence-corrected chi connectivity index (χ3v) is 3.30. The zero-order valence-corrected chi connectivity index (χ0v) is 11.3. The minimum atomic E-state index is -0.783. The highest BCUT2D eigenvalue weighted by Gasteiger charge is 2.19. The standard InChI is InChI=1S/C12H14BrFN2O2/c13-7-4-9(14)11(12(15)17)10(5-7)16-6-8-2-1-3-18-8/h4-5,8,16H,1-3,6H2,(H2,15,17). The predicted octanol–water partition coefficient (Wildman–Crippen LogP) is 2.28. The quantitative estimate of drug-likeness (QED) is 0.895. The second-order valence-corrected chi connectivity index (χ2v) is 5.11. The number of nitrogens with two attached hydrogens (primary N) is 1. The fraction of sp³-hybridized carbons (Fsp3) is 0.417. The van der Waals surface area contributed by atoms with E-state index in [2.05, 4.69) is 21.2 Å². The summed E-state index contributed by atoms with van der Waals surface area (Å²) in [6.07, 6.45) is 2.10. The summed E-state index contributed by atoms with van der Waals surface area (Å²) in [5.41, 5.74) is 5.46. The molecule has 0 aliphatic carbocycles. The molecule has 1 aliphatic heterocycles. The van der Waals surface area contributed by atoms with Gasteiger partial charge < -0.3 is 15.8 Å². The van der Waals surface area contributed by atoms with E-state index in [0.717, 1.165) is 19.4 Å². The van der Waals surface area contributed by atoms with Crippen molar-refractivity contribution < 1.29 is 13.9 Å². The average Bonchev–Trinajstić information content (AvgIpc) is 2.77. The van der Waals surface area contributed by atoms with Gasteiger partial charge in [0.1, 0.15) is 5.82 Å². The van der Waals surface area contributed by atoms with Crippen molar-refractivity contribution in [3.05, 3.63) is 28.0 Å². The number of benzene rings is 1. The molecule has 0 radical (unpaired) electrons. The summed E-state index contributed by atoms with van der Waals surface area (Å²) >= 11 is 3.19. The van der Waals surface area contributed by atoms with Crippen LogP contribution in [0, 0.1) is 5.82 Å². The maximum atomic E-state index is 13.7. The fourth-order valence-corrected chi connectivity index (χ4v) is 2.42. The third kappa shape index (κ3) is 3.00. The highest BCUT2D eigenvalue weighted by molar-refractivity contribution is 9.10. The number of carbonyl (C=O) groups excluding carboxylic acids is 1. The Bertz CT molecular complexity index is 462. The van der Waals surface area contributed by atoms with Gasteiger partial charge in [-0.15, -0.1) is 0 Å². The molecular formula is C12H14BrFN2O2. The van der Waals surface area contributed by atoms with Gasteiger partial charge in [0.05, 0.1) is 17.4 Å². The Hall–Kier alpha value is -1.14. The first-order valence-electron chi connectivity index (χ1n) is 5.72. The molecule has 4 nitrogen and oxygen atoms in total. The molecule has 0 bridgehead atoms. The molecule has 1 aromatic rings. The molecule has 1 fully saturated rings. The van der Waals surface area contributed by atoms with E-state index in [4.69, 9.17) is 10.5 Å². The summed E-state index contributed by atoms with van der Waals surface area (Å²) in [5, 5.41) is 3.02. The van der Waals surface area contributed by atoms with E-state index < -0.39 is 11.7 Å². The van der Waals surface area contributed by atoms with Crippen molar-refractivity contribution in [1.82, 2.24) is 0 Å². The van der Waals surface area contributed by atoms with Gasteiger partial charge in [0.15, 0.2) is 0 Å². The van der Waals surface area contributed by atoms with Crippen LogP contribution in [0.25, 0.3) is 0 Å². The molecule has 1 saturated heterocycles. The minimum Gasteiger partial charge on any atom is -0.382 e. The number of rotatable bonds is 4. The van der Waals surface area contributed by atoms with Crippen LogP contribution in [0.1, 0.15) is 23.2 Å². The van der Waals surface area contributed by atoms with E-state index in [0.29, 0.717) is 16.7 Å². The molecule has 3 N–H and O–H groups in total. The monoisotopic (exact) mass is 316 g/mol. The van der Waals surface area contributed by atoms with Gasteiger partial charge in [-0.05, 0) is 25.0 Å². The number of primary amides is 1. The van der Waals surface area contributed by atoms with Crippen molar-refractivity contribution in [2.24, 2.45) is 5.73 Å². The van der Waals surface area contributed by atoms with Crippen molar-refractivity contribution >= 4 is 27.5 Å². The fourth-order valence-electron chi connectivity index (χ4n) is 1.99. The number of hydrogen-bond donors (Lipinski definition) is 2. The van der Waals surface area contributed by atoms with Gasteiger partial charge in [0, 0.05) is 17.6 Å². The Morgan fingerprint density at radius 1 is 1.61 bits per heavy atom. The van der Waals surface area contributed by atoms with Crippen molar-refractivity contribution in [1.29, 1.82) is 0 Å². The van der Waals surface area contributed by atoms with Crippen LogP contribution in [0.3, 0.4) is 0 Å². The number of hydrogen-bond acceptors (Lipinski definition) is 3. The first-order chi connectivity index (χ1) is 8.58. The molecule has 1 unspecified atom stereocenters. The zero-order chi connectivity index (χ0) is 13.1. The topological polar surface area (TPSA) is 64.4 Å². The second kappa shape index (κ2) is 5.67. The predicted molar refractivity (Wildman–Crippen MR) is 70.1 cm³/mol. The van der Waals surface area contributed by atoms with Gasteiger partial charge in [-0.1, -0.05) is 15.9 Å². The summed E-state index contributed by atoms with van der Waals surface area (Å²) in [5.74, 6) is -1.42. The van der Waals surface area contributed by atoms with Crippen molar-refractivity contribution in [3.63, 3.8) is 0 Å². The molecule has 2 rings (SSSR count). The Balaban J connectivity index is 2.16. The molecule has 1 heterocycles. The van der Waals surface area contributed by atoms with Crippen LogP contribution in [-0.4, -0.2) is 25.2 Å². The van der Waals surface area contributed by atoms with Gasteiger partial charge in [-0.2, -0.15) is 0 Å². The Morgan fingerprint density at radius 2 is 2.39 bits per heavy atom. The molecule has 1 atom stereocenters. The van der Waals surface area contributed by atoms with Crippen molar-refractivity contribution in [2.75, 3.05) is 18.5 Å². The highest BCUT2D eigenvalue weighted by Crippen LogP contribution is 2.25. The Labute approximate surface area is 113 Å². The normalized spacial score (nSPS) is 18.9. The summed E-state index contributed by atoms with van der Waals surface area (Å²) in [4.78, 5) is 11.2. The van der Waals surface area contributed by atoms with Crippen LogP contribution < -0.4 is 11.1 Å². The molecular weight excluding hydrogens is 303 g/mol. The van der Waals surface area contributed by atoms with Crippen LogP contribution in [0.2, 0.25) is 0 Å². The molecule has 18 heavy (non-hydrogen) atoms. The zero-order valence-electron chi connectivity index (χ0n) is 9.71. The summed E-state index contributed by atoms with van der Waals surface area (Å²) < 4.78 is 19.7. The molecule has 0 saturated carbocycles. The van der Waals surface area contributed by atoms with Crippen LogP contribution in [0.4, 0.5) is 10.1 Å². The number of halogens is 2. The molecule has 1 amide bonds. The van der Waals surface area contributed by atoms with Gasteiger partial charge >= 0.3 is 0 Å². The smallest absolute Gasteiger partial charge is 0.253 e. The van der Waals surface area contributed by atoms with E-state index in [1.807, 2.05) is 0 Å². The lowest BCUT2D eigenvalue weighted by molar-refractivity contribution is 0.0996. The lowest BCUT2D eigenvalue weighted by Gasteiger charge is -2.15. The van der Waals surface area contributed by atoms with Gasteiger partial charge in [-0.3, -0.25) is 4.79 Å². The minimum absolute atomic E-state index is 0.104. The van der Waals surface area contributed by atoms with Crippen LogP contribution in [-0.2, 0) is 4.74 Å². The maximum Gasteiger partial charge on any atom is 0.253 e. The van der Waals surface area contributed by atoms with E-state index in [-0.39, 0.29) is 11.7 Å². The van der Waals surface area contributed by atoms with Gasteiger partial charge in [0.25, 0.3) is 5.91 Å². The average molecular weight is 317 g/mol. The van der Waals surface area contributed by atoms with Gasteiger partial charge in [0.2, 0.25) is 0 Å². The molecule has 6 heteroatoms. The van der Waals surface area contributed by atoms with E-state index >= 15 is 0 Å². The number of amides is 1. The van der Waals surface area contributed by atoms with Crippen molar-refractivity contribution in [2.45, 2.75) is 18.9 Å². The summed E-state index contributed by atoms with van der Waals surface area (Å²) in [6, 6.07) is 2.86. The number of ether oxygens (including phenoxy) is 1. The van der Waals surface area contributed by atoms with Gasteiger partial charge in [-0.25, -0.2) is 4.39 Å². The lowest BCUT2D eigenvalue weighted by atomic mass is 10.1. The van der Waals surface area contributed by atoms with E-state index in [1.54, 1.807) is 6.07 Å². The molecule has 0 aromatic heterocycles. The molecule has 0 spiro atoms. The van der Waals surface area contributed by atoms with Crippen molar-refractivity contribution in [3.8, 4) is 0 Å². The highest BCUT2D eigenvalue weighted by atomic mass is 79.9. The lowest BCUT2D eigenvalue weighted by Crippen LogP contribution is -2.22. The molecule has 1 aromatic carbocycles. The first kappa shape index (κ1) is 13.3. The van der Waals surface area contributed by atoms with E-state index in [1.165, 1.54) is 6.07 Å². The molecule has 1 aliphatic rings. The number of anilines is 1. The second-order valence-electron chi connectivity index (χ2n) is 4.19. The number of carbonyl (C=O) groups is 1. The van der Waals surface area contributed by atoms with Crippen LogP contribution in [0.5, 0.6) is 0 Å². The molecule has 98 valence electrons. The largest absolute Gasteiger partial charge is 0.382 e. The van der Waals surface area contributed by atoms with E-state index in [9.17, 15) is 9.18 Å². The first-order valence-corrected chi connectivity index (χ1v) is 6.51. The maximum absolute atomic E-state index is 13.7. The summed E-state index contributed by atoms with van der Waals surface area (Å²) in [7, 11) is 0.